The number of nitrogens with zero attached hydrogens (tertiary/aromatic N) is 3. The molecule has 6 aromatic carbocycles. The van der Waals surface area contributed by atoms with Gasteiger partial charge >= 0.3 is 0 Å². The molecule has 208 valence electrons. The van der Waals surface area contributed by atoms with Gasteiger partial charge in [0.15, 0.2) is 17.5 Å². The van der Waals surface area contributed by atoms with Crippen molar-refractivity contribution in [1.29, 1.82) is 0 Å². The van der Waals surface area contributed by atoms with Gasteiger partial charge in [0.25, 0.3) is 0 Å². The van der Waals surface area contributed by atoms with Crippen LogP contribution in [0.1, 0.15) is 0 Å². The summed E-state index contributed by atoms with van der Waals surface area (Å²) in [4.78, 5) is 15.0. The van der Waals surface area contributed by atoms with E-state index in [0.29, 0.717) is 17.5 Å². The molecule has 44 heavy (non-hydrogen) atoms. The van der Waals surface area contributed by atoms with Gasteiger partial charge in [-0.25, -0.2) is 15.0 Å². The Hall–Kier alpha value is -5.39. The highest BCUT2D eigenvalue weighted by Gasteiger charge is 2.17. The first kappa shape index (κ1) is 26.3. The molecule has 0 unspecified atom stereocenters. The van der Waals surface area contributed by atoms with E-state index >= 15 is 0 Å². The molecule has 4 nitrogen and oxygen atoms in total. The molecule has 0 aliphatic carbocycles. The average Bonchev–Trinajstić information content (AvgIpc) is 3.48. The highest BCUT2D eigenvalue weighted by atomic mass is 79.9. The zero-order valence-electron chi connectivity index (χ0n) is 23.5. The van der Waals surface area contributed by atoms with E-state index in [-0.39, 0.29) is 0 Å². The third-order valence-corrected chi connectivity index (χ3v) is 8.30. The number of fused-ring (bicyclic) bond motifs is 3. The normalized spacial score (nSPS) is 11.3. The summed E-state index contributed by atoms with van der Waals surface area (Å²) >= 11 is 3.59. The van der Waals surface area contributed by atoms with Crippen LogP contribution in [0.3, 0.4) is 0 Å². The van der Waals surface area contributed by atoms with Gasteiger partial charge in [0.05, 0.1) is 0 Å². The minimum atomic E-state index is 0.608. The van der Waals surface area contributed by atoms with Crippen molar-refractivity contribution >= 4 is 37.9 Å². The largest absolute Gasteiger partial charge is 0.456 e. The summed E-state index contributed by atoms with van der Waals surface area (Å²) in [6.07, 6.45) is 0. The first-order valence-electron chi connectivity index (χ1n) is 14.4. The molecule has 2 heterocycles. The molecular weight excluding hydrogens is 606 g/mol. The molecule has 0 aliphatic heterocycles. The summed E-state index contributed by atoms with van der Waals surface area (Å²) in [6.45, 7) is 0. The lowest BCUT2D eigenvalue weighted by Gasteiger charge is -2.10. The maximum absolute atomic E-state index is 6.17. The number of halogens is 1. The third-order valence-electron chi connectivity index (χ3n) is 7.81. The lowest BCUT2D eigenvalue weighted by Crippen LogP contribution is -2.00. The zero-order chi connectivity index (χ0) is 29.5. The second-order valence-corrected chi connectivity index (χ2v) is 11.5. The Labute approximate surface area is 262 Å². The van der Waals surface area contributed by atoms with Gasteiger partial charge in [-0.05, 0) is 52.6 Å². The molecule has 0 saturated carbocycles. The van der Waals surface area contributed by atoms with Gasteiger partial charge in [-0.1, -0.05) is 131 Å². The Morgan fingerprint density at radius 2 is 0.955 bits per heavy atom. The van der Waals surface area contributed by atoms with Crippen molar-refractivity contribution in [3.63, 3.8) is 0 Å². The SMILES string of the molecule is Brc1cccc(-c2cccc(-c3ccc(-c4nc(-c5ccccc5)nc(-c5cccc6oc7ccccc7c56)n4)cc3)c2)c1. The number of furan rings is 1. The molecule has 5 heteroatoms. The van der Waals surface area contributed by atoms with E-state index in [4.69, 9.17) is 19.4 Å². The van der Waals surface area contributed by atoms with Crippen LogP contribution >= 0.6 is 15.9 Å². The minimum absolute atomic E-state index is 0.608. The van der Waals surface area contributed by atoms with Crippen LogP contribution in [0.5, 0.6) is 0 Å². The van der Waals surface area contributed by atoms with E-state index in [1.54, 1.807) is 0 Å². The molecule has 0 N–H and O–H groups in total. The van der Waals surface area contributed by atoms with Crippen LogP contribution in [0.4, 0.5) is 0 Å². The Balaban J connectivity index is 1.23. The first-order chi connectivity index (χ1) is 21.7. The van der Waals surface area contributed by atoms with Crippen LogP contribution in [0.2, 0.25) is 0 Å². The average molecular weight is 631 g/mol. The Kier molecular flexibility index (Phi) is 6.58. The van der Waals surface area contributed by atoms with Gasteiger partial charge < -0.3 is 4.42 Å². The first-order valence-corrected chi connectivity index (χ1v) is 15.2. The fourth-order valence-electron chi connectivity index (χ4n) is 5.66. The lowest BCUT2D eigenvalue weighted by molar-refractivity contribution is 0.669. The topological polar surface area (TPSA) is 51.8 Å². The maximum atomic E-state index is 6.17. The van der Waals surface area contributed by atoms with E-state index < -0.39 is 0 Å². The number of benzene rings is 6. The van der Waals surface area contributed by atoms with Crippen LogP contribution in [-0.4, -0.2) is 15.0 Å². The molecule has 0 amide bonds. The Bertz CT molecular complexity index is 2290. The summed E-state index contributed by atoms with van der Waals surface area (Å²) in [7, 11) is 0. The summed E-state index contributed by atoms with van der Waals surface area (Å²) in [5.74, 6) is 1.85. The molecule has 0 bridgehead atoms. The van der Waals surface area contributed by atoms with Crippen LogP contribution in [-0.2, 0) is 0 Å². The van der Waals surface area contributed by atoms with Gasteiger partial charge in [0.1, 0.15) is 11.2 Å². The molecule has 0 aliphatic rings. The summed E-state index contributed by atoms with van der Waals surface area (Å²) in [6, 6.07) is 49.6. The number of para-hydroxylation sites is 1. The van der Waals surface area contributed by atoms with Crippen molar-refractivity contribution in [2.75, 3.05) is 0 Å². The van der Waals surface area contributed by atoms with E-state index in [1.807, 2.05) is 66.7 Å². The molecular formula is C39H24BrN3O. The number of hydrogen-bond donors (Lipinski definition) is 0. The maximum Gasteiger partial charge on any atom is 0.164 e. The lowest BCUT2D eigenvalue weighted by atomic mass is 9.98. The smallest absolute Gasteiger partial charge is 0.164 e. The van der Waals surface area contributed by atoms with Gasteiger partial charge in [0, 0.05) is 31.9 Å². The highest BCUT2D eigenvalue weighted by molar-refractivity contribution is 9.10. The highest BCUT2D eigenvalue weighted by Crippen LogP contribution is 2.36. The fraction of sp³-hybridized carbons (Fsp3) is 0. The number of aromatic nitrogens is 3. The minimum Gasteiger partial charge on any atom is -0.456 e. The van der Waals surface area contributed by atoms with Crippen LogP contribution < -0.4 is 0 Å². The molecule has 0 radical (unpaired) electrons. The molecule has 8 rings (SSSR count). The number of rotatable bonds is 5. The fourth-order valence-corrected chi connectivity index (χ4v) is 6.06. The molecule has 0 spiro atoms. The quantitative estimate of drug-likeness (QED) is 0.190. The van der Waals surface area contributed by atoms with E-state index in [9.17, 15) is 0 Å². The second kappa shape index (κ2) is 11.0. The van der Waals surface area contributed by atoms with Crippen molar-refractivity contribution in [3.8, 4) is 56.4 Å². The van der Waals surface area contributed by atoms with E-state index in [1.165, 1.54) is 11.1 Å². The van der Waals surface area contributed by atoms with Crippen LogP contribution in [0.15, 0.2) is 154 Å². The second-order valence-electron chi connectivity index (χ2n) is 10.6. The molecule has 0 atom stereocenters. The van der Waals surface area contributed by atoms with Gasteiger partial charge in [-0.3, -0.25) is 0 Å². The monoisotopic (exact) mass is 629 g/mol. The van der Waals surface area contributed by atoms with Gasteiger partial charge in [-0.2, -0.15) is 0 Å². The van der Waals surface area contributed by atoms with Gasteiger partial charge in [-0.15, -0.1) is 0 Å². The standard InChI is InChI=1S/C39H24BrN3O/c40-31-14-7-13-30(24-31)29-12-6-11-28(23-29)25-19-21-27(22-20-25)38-41-37(26-9-2-1-3-10-26)42-39(43-38)33-16-8-18-35-36(33)32-15-4-5-17-34(32)44-35/h1-24H. The molecule has 8 aromatic rings. The predicted octanol–water partition coefficient (Wildman–Crippen LogP) is 10.9. The Morgan fingerprint density at radius 3 is 1.73 bits per heavy atom. The van der Waals surface area contributed by atoms with Crippen molar-refractivity contribution in [2.45, 2.75) is 0 Å². The van der Waals surface area contributed by atoms with Crippen molar-refractivity contribution in [2.24, 2.45) is 0 Å². The Morgan fingerprint density at radius 1 is 0.409 bits per heavy atom. The van der Waals surface area contributed by atoms with E-state index in [0.717, 1.165) is 54.2 Å². The summed E-state index contributed by atoms with van der Waals surface area (Å²) < 4.78 is 7.23. The predicted molar refractivity (Wildman–Crippen MR) is 182 cm³/mol. The van der Waals surface area contributed by atoms with Crippen molar-refractivity contribution in [3.05, 3.63) is 150 Å². The van der Waals surface area contributed by atoms with Crippen molar-refractivity contribution < 1.29 is 4.42 Å². The van der Waals surface area contributed by atoms with Crippen molar-refractivity contribution in [1.82, 2.24) is 15.0 Å². The molecule has 0 fully saturated rings. The zero-order valence-corrected chi connectivity index (χ0v) is 25.1. The van der Waals surface area contributed by atoms with Crippen LogP contribution in [0, 0.1) is 0 Å². The van der Waals surface area contributed by atoms with E-state index in [2.05, 4.69) is 94.8 Å². The summed E-state index contributed by atoms with van der Waals surface area (Å²) in [5, 5.41) is 2.04. The number of hydrogen-bond acceptors (Lipinski definition) is 4. The van der Waals surface area contributed by atoms with Gasteiger partial charge in [0.2, 0.25) is 0 Å². The van der Waals surface area contributed by atoms with Crippen LogP contribution in [0.25, 0.3) is 78.4 Å². The summed E-state index contributed by atoms with van der Waals surface area (Å²) in [5.41, 5.74) is 9.02. The third kappa shape index (κ3) is 4.87. The molecule has 2 aromatic heterocycles. The molecule has 0 saturated heterocycles.